The molecule has 3 aromatic carbocycles. The molecule has 0 fully saturated rings. The molecule has 0 saturated heterocycles. The molecular formula is C28H24ClNO4. The van der Waals surface area contributed by atoms with Gasteiger partial charge in [-0.05, 0) is 47.9 Å². The molecule has 1 aliphatic rings. The number of ether oxygens (including phenoxy) is 1. The van der Waals surface area contributed by atoms with E-state index in [-0.39, 0.29) is 23.6 Å². The second-order valence-corrected chi connectivity index (χ2v) is 8.78. The van der Waals surface area contributed by atoms with Crippen LogP contribution in [-0.4, -0.2) is 17.4 Å². The number of benzene rings is 3. The van der Waals surface area contributed by atoms with Gasteiger partial charge in [-0.1, -0.05) is 67.4 Å². The number of unbranched alkanes of at least 4 members (excludes halogenated alkanes) is 1. The molecule has 5 rings (SSSR count). The number of nitrogens with zero attached hydrogens (tertiary/aromatic N) is 1. The zero-order chi connectivity index (χ0) is 23.7. The van der Waals surface area contributed by atoms with Crippen molar-refractivity contribution in [1.82, 2.24) is 4.90 Å². The molecule has 0 radical (unpaired) electrons. The molecule has 1 aliphatic heterocycles. The predicted molar refractivity (Wildman–Crippen MR) is 132 cm³/mol. The van der Waals surface area contributed by atoms with Gasteiger partial charge in [-0.3, -0.25) is 9.59 Å². The lowest BCUT2D eigenvalue weighted by Gasteiger charge is -2.26. The fourth-order valence-electron chi connectivity index (χ4n) is 4.40. The third-order valence-electron chi connectivity index (χ3n) is 6.11. The van der Waals surface area contributed by atoms with Gasteiger partial charge in [-0.2, -0.15) is 0 Å². The Labute approximate surface area is 202 Å². The van der Waals surface area contributed by atoms with Gasteiger partial charge in [-0.25, -0.2) is 0 Å². The third kappa shape index (κ3) is 3.97. The van der Waals surface area contributed by atoms with E-state index in [4.69, 9.17) is 20.8 Å². The molecule has 0 saturated carbocycles. The Bertz CT molecular complexity index is 1430. The second-order valence-electron chi connectivity index (χ2n) is 8.37. The van der Waals surface area contributed by atoms with Gasteiger partial charge >= 0.3 is 0 Å². The number of carbonyl (C=O) groups excluding carboxylic acids is 1. The maximum atomic E-state index is 13.6. The molecule has 172 valence electrons. The number of fused-ring (bicyclic) bond motifs is 2. The van der Waals surface area contributed by atoms with E-state index >= 15 is 0 Å². The lowest BCUT2D eigenvalue weighted by Crippen LogP contribution is -2.29. The number of halogens is 1. The molecule has 34 heavy (non-hydrogen) atoms. The van der Waals surface area contributed by atoms with Crippen LogP contribution >= 0.6 is 11.6 Å². The van der Waals surface area contributed by atoms with E-state index in [9.17, 15) is 9.59 Å². The van der Waals surface area contributed by atoms with Gasteiger partial charge in [0.05, 0.1) is 23.6 Å². The van der Waals surface area contributed by atoms with E-state index in [0.29, 0.717) is 33.9 Å². The van der Waals surface area contributed by atoms with E-state index in [1.54, 1.807) is 35.2 Å². The van der Waals surface area contributed by atoms with Crippen molar-refractivity contribution in [2.75, 3.05) is 6.61 Å². The van der Waals surface area contributed by atoms with Gasteiger partial charge < -0.3 is 14.1 Å². The number of carbonyl (C=O) groups is 1. The summed E-state index contributed by atoms with van der Waals surface area (Å²) in [7, 11) is 0. The Kier molecular flexibility index (Phi) is 6.12. The lowest BCUT2D eigenvalue weighted by molar-refractivity contribution is 0.0714. The maximum Gasteiger partial charge on any atom is 0.291 e. The van der Waals surface area contributed by atoms with Gasteiger partial charge in [0.1, 0.15) is 11.3 Å². The highest BCUT2D eigenvalue weighted by Gasteiger charge is 2.43. The van der Waals surface area contributed by atoms with E-state index < -0.39 is 6.04 Å². The Morgan fingerprint density at radius 3 is 2.62 bits per heavy atom. The lowest BCUT2D eigenvalue weighted by atomic mass is 9.98. The largest absolute Gasteiger partial charge is 0.494 e. The minimum atomic E-state index is -0.616. The van der Waals surface area contributed by atoms with Crippen molar-refractivity contribution in [2.24, 2.45) is 0 Å². The van der Waals surface area contributed by atoms with Gasteiger partial charge in [0.25, 0.3) is 5.91 Å². The van der Waals surface area contributed by atoms with E-state index in [2.05, 4.69) is 6.92 Å². The molecule has 1 atom stereocenters. The molecule has 1 unspecified atom stereocenters. The molecule has 0 spiro atoms. The monoisotopic (exact) mass is 473 g/mol. The minimum Gasteiger partial charge on any atom is -0.494 e. The van der Waals surface area contributed by atoms with Crippen LogP contribution in [0.5, 0.6) is 5.75 Å². The standard InChI is InChI=1S/C28H24ClNO4/c1-2-3-15-33-20-11-8-10-18(16-20)25-24-26(31)21-12-5-7-14-23(21)34-27(24)28(32)30(25)17-19-9-4-6-13-22(19)29/h4-14,16,25H,2-3,15,17H2,1H3. The van der Waals surface area contributed by atoms with Crippen molar-refractivity contribution in [3.8, 4) is 5.75 Å². The van der Waals surface area contributed by atoms with Crippen LogP contribution < -0.4 is 10.2 Å². The molecular weight excluding hydrogens is 450 g/mol. The first kappa shape index (κ1) is 22.2. The van der Waals surface area contributed by atoms with Crippen LogP contribution in [0, 0.1) is 0 Å². The summed E-state index contributed by atoms with van der Waals surface area (Å²) >= 11 is 6.43. The van der Waals surface area contributed by atoms with E-state index in [1.165, 1.54) is 0 Å². The molecule has 2 heterocycles. The van der Waals surface area contributed by atoms with Crippen molar-refractivity contribution in [1.29, 1.82) is 0 Å². The van der Waals surface area contributed by atoms with Crippen molar-refractivity contribution >= 4 is 28.5 Å². The van der Waals surface area contributed by atoms with Crippen LogP contribution in [0.25, 0.3) is 11.0 Å². The topological polar surface area (TPSA) is 59.8 Å². The Morgan fingerprint density at radius 2 is 1.79 bits per heavy atom. The summed E-state index contributed by atoms with van der Waals surface area (Å²) in [5.74, 6) is 0.452. The van der Waals surface area contributed by atoms with Gasteiger partial charge in [0, 0.05) is 11.6 Å². The van der Waals surface area contributed by atoms with Crippen LogP contribution in [0.4, 0.5) is 0 Å². The zero-order valence-electron chi connectivity index (χ0n) is 18.8. The maximum absolute atomic E-state index is 13.6. The molecule has 0 N–H and O–H groups in total. The van der Waals surface area contributed by atoms with E-state index in [0.717, 1.165) is 24.0 Å². The summed E-state index contributed by atoms with van der Waals surface area (Å²) in [6.07, 6.45) is 1.98. The number of rotatable bonds is 7. The van der Waals surface area contributed by atoms with Crippen molar-refractivity contribution in [3.63, 3.8) is 0 Å². The molecule has 6 heteroatoms. The SMILES string of the molecule is CCCCOc1cccc(C2c3c(oc4ccccc4c3=O)C(=O)N2Cc2ccccc2Cl)c1. The molecule has 0 bridgehead atoms. The van der Waals surface area contributed by atoms with Gasteiger partial charge in [0.2, 0.25) is 5.76 Å². The molecule has 5 nitrogen and oxygen atoms in total. The number of para-hydroxylation sites is 1. The smallest absolute Gasteiger partial charge is 0.291 e. The first-order valence-corrected chi connectivity index (χ1v) is 11.8. The first-order chi connectivity index (χ1) is 16.6. The van der Waals surface area contributed by atoms with Crippen LogP contribution in [-0.2, 0) is 6.54 Å². The summed E-state index contributed by atoms with van der Waals surface area (Å²) in [5, 5.41) is 1.01. The summed E-state index contributed by atoms with van der Waals surface area (Å²) in [6.45, 7) is 2.96. The van der Waals surface area contributed by atoms with Crippen LogP contribution in [0.2, 0.25) is 5.02 Å². The van der Waals surface area contributed by atoms with Crippen molar-refractivity contribution in [2.45, 2.75) is 32.4 Å². The van der Waals surface area contributed by atoms with Crippen LogP contribution in [0.1, 0.15) is 53.1 Å². The predicted octanol–water partition coefficient (Wildman–Crippen LogP) is 6.37. The highest BCUT2D eigenvalue weighted by molar-refractivity contribution is 6.31. The summed E-state index contributed by atoms with van der Waals surface area (Å²) in [5.41, 5.74) is 2.13. The summed E-state index contributed by atoms with van der Waals surface area (Å²) in [6, 6.07) is 21.4. The van der Waals surface area contributed by atoms with E-state index in [1.807, 2.05) is 42.5 Å². The van der Waals surface area contributed by atoms with Gasteiger partial charge in [0.15, 0.2) is 5.43 Å². The quantitative estimate of drug-likeness (QED) is 0.292. The Balaban J connectivity index is 1.65. The first-order valence-electron chi connectivity index (χ1n) is 11.4. The fraction of sp³-hybridized carbons (Fsp3) is 0.214. The van der Waals surface area contributed by atoms with Gasteiger partial charge in [-0.15, -0.1) is 0 Å². The van der Waals surface area contributed by atoms with Crippen molar-refractivity contribution in [3.05, 3.63) is 110 Å². The van der Waals surface area contributed by atoms with Crippen LogP contribution in [0.3, 0.4) is 0 Å². The zero-order valence-corrected chi connectivity index (χ0v) is 19.5. The summed E-state index contributed by atoms with van der Waals surface area (Å²) in [4.78, 5) is 28.9. The Hall–Kier alpha value is -3.57. The third-order valence-corrected chi connectivity index (χ3v) is 6.48. The van der Waals surface area contributed by atoms with Crippen LogP contribution in [0.15, 0.2) is 82.0 Å². The number of amides is 1. The Morgan fingerprint density at radius 1 is 1.00 bits per heavy atom. The number of hydrogen-bond donors (Lipinski definition) is 0. The normalized spacial score (nSPS) is 15.1. The average molecular weight is 474 g/mol. The fourth-order valence-corrected chi connectivity index (χ4v) is 4.59. The molecule has 0 aliphatic carbocycles. The molecule has 1 aromatic heterocycles. The molecule has 1 amide bonds. The van der Waals surface area contributed by atoms with Crippen molar-refractivity contribution < 1.29 is 13.9 Å². The average Bonchev–Trinajstić information content (AvgIpc) is 3.13. The highest BCUT2D eigenvalue weighted by Crippen LogP contribution is 2.40. The highest BCUT2D eigenvalue weighted by atomic mass is 35.5. The molecule has 4 aromatic rings. The second kappa shape index (κ2) is 9.35. The summed E-state index contributed by atoms with van der Waals surface area (Å²) < 4.78 is 11.9. The number of hydrogen-bond acceptors (Lipinski definition) is 4. The minimum absolute atomic E-state index is 0.0815.